The predicted octanol–water partition coefficient (Wildman–Crippen LogP) is 4.21. The van der Waals surface area contributed by atoms with Crippen LogP contribution in [0.3, 0.4) is 0 Å². The van der Waals surface area contributed by atoms with Crippen LogP contribution >= 0.6 is 15.9 Å². The fourth-order valence-electron chi connectivity index (χ4n) is 1.53. The molecule has 0 aromatic heterocycles. The van der Waals surface area contributed by atoms with Crippen molar-refractivity contribution in [2.24, 2.45) is 5.41 Å². The summed E-state index contributed by atoms with van der Waals surface area (Å²) in [6.07, 6.45) is 1.14. The molecule has 0 aliphatic heterocycles. The zero-order valence-electron chi connectivity index (χ0n) is 11.2. The third kappa shape index (κ3) is 4.46. The smallest absolute Gasteiger partial charge is 0.312 e. The molecule has 0 saturated heterocycles. The van der Waals surface area contributed by atoms with E-state index < -0.39 is 16.2 Å². The second kappa shape index (κ2) is 6.66. The van der Waals surface area contributed by atoms with E-state index in [-0.39, 0.29) is 22.5 Å². The molecule has 0 heterocycles. The summed E-state index contributed by atoms with van der Waals surface area (Å²) in [6.45, 7) is 3.79. The zero-order valence-corrected chi connectivity index (χ0v) is 12.7. The Balaban J connectivity index is 2.71. The van der Waals surface area contributed by atoms with E-state index in [1.807, 2.05) is 0 Å². The first kappa shape index (κ1) is 16.4. The van der Waals surface area contributed by atoms with Crippen LogP contribution in [0.2, 0.25) is 0 Å². The maximum Gasteiger partial charge on any atom is 0.312 e. The van der Waals surface area contributed by atoms with Gasteiger partial charge in [-0.3, -0.25) is 10.1 Å². The van der Waals surface area contributed by atoms with Crippen molar-refractivity contribution >= 4 is 21.6 Å². The maximum atomic E-state index is 13.4. The van der Waals surface area contributed by atoms with E-state index in [9.17, 15) is 14.5 Å². The third-order valence-corrected chi connectivity index (χ3v) is 3.31. The average molecular weight is 345 g/mol. The third-order valence-electron chi connectivity index (χ3n) is 2.70. The van der Waals surface area contributed by atoms with Gasteiger partial charge in [0.2, 0.25) is 0 Å². The molecule has 0 unspecified atom stereocenters. The van der Waals surface area contributed by atoms with Crippen LogP contribution in [-0.4, -0.2) is 11.5 Å². The van der Waals surface area contributed by atoms with Crippen LogP contribution in [0.1, 0.15) is 26.7 Å². The van der Waals surface area contributed by atoms with Gasteiger partial charge in [0.15, 0.2) is 5.75 Å². The summed E-state index contributed by atoms with van der Waals surface area (Å²) in [4.78, 5) is 10.2. The molecule has 5 nitrogen and oxygen atoms in total. The number of nitrogens with zero attached hydrogens (tertiary/aromatic N) is 2. The highest BCUT2D eigenvalue weighted by Gasteiger charge is 2.20. The Morgan fingerprint density at radius 3 is 2.75 bits per heavy atom. The molecule has 7 heteroatoms. The molecular formula is C13H14BrFN2O3. The number of nitro groups is 1. The van der Waals surface area contributed by atoms with Gasteiger partial charge < -0.3 is 4.74 Å². The molecular weight excluding hydrogens is 331 g/mol. The number of hydrogen-bond donors (Lipinski definition) is 0. The monoisotopic (exact) mass is 344 g/mol. The van der Waals surface area contributed by atoms with Gasteiger partial charge in [0, 0.05) is 12.1 Å². The molecule has 0 amide bonds. The van der Waals surface area contributed by atoms with E-state index >= 15 is 0 Å². The first-order valence-corrected chi connectivity index (χ1v) is 6.73. The van der Waals surface area contributed by atoms with Crippen LogP contribution < -0.4 is 4.74 Å². The quantitative estimate of drug-likeness (QED) is 0.440. The summed E-state index contributed by atoms with van der Waals surface area (Å²) in [5.74, 6) is -0.728. The molecule has 0 atom stereocenters. The molecule has 1 rings (SSSR count). The second-order valence-corrected chi connectivity index (χ2v) is 5.79. The first-order valence-electron chi connectivity index (χ1n) is 5.94. The van der Waals surface area contributed by atoms with E-state index in [1.54, 1.807) is 13.8 Å². The van der Waals surface area contributed by atoms with Crippen LogP contribution in [0.4, 0.5) is 10.1 Å². The van der Waals surface area contributed by atoms with Gasteiger partial charge in [-0.1, -0.05) is 0 Å². The van der Waals surface area contributed by atoms with Crippen LogP contribution in [0, 0.1) is 32.7 Å². The van der Waals surface area contributed by atoms with Gasteiger partial charge in [-0.25, -0.2) is 4.39 Å². The number of rotatable bonds is 6. The molecule has 0 fully saturated rings. The molecule has 0 N–H and O–H groups in total. The topological polar surface area (TPSA) is 76.2 Å². The highest BCUT2D eigenvalue weighted by molar-refractivity contribution is 9.10. The summed E-state index contributed by atoms with van der Waals surface area (Å²) in [5, 5.41) is 19.7. The van der Waals surface area contributed by atoms with Crippen molar-refractivity contribution in [3.05, 3.63) is 32.5 Å². The molecule has 0 bridgehead atoms. The van der Waals surface area contributed by atoms with Crippen LogP contribution in [0.5, 0.6) is 5.75 Å². The van der Waals surface area contributed by atoms with Crippen LogP contribution in [0.25, 0.3) is 0 Å². The number of nitriles is 1. The van der Waals surface area contributed by atoms with Gasteiger partial charge >= 0.3 is 5.69 Å². The number of hydrogen-bond acceptors (Lipinski definition) is 4. The molecule has 108 valence electrons. The Kier molecular flexibility index (Phi) is 5.45. The number of ether oxygens (including phenoxy) is 1. The van der Waals surface area contributed by atoms with E-state index in [2.05, 4.69) is 22.0 Å². The van der Waals surface area contributed by atoms with E-state index in [0.29, 0.717) is 12.8 Å². The average Bonchev–Trinajstić information content (AvgIpc) is 2.38. The summed E-state index contributed by atoms with van der Waals surface area (Å²) in [7, 11) is 0. The van der Waals surface area contributed by atoms with Crippen molar-refractivity contribution in [1.29, 1.82) is 5.26 Å². The largest absolute Gasteiger partial charge is 0.487 e. The van der Waals surface area contributed by atoms with Gasteiger partial charge in [0.1, 0.15) is 5.82 Å². The van der Waals surface area contributed by atoms with Gasteiger partial charge in [-0.15, -0.1) is 0 Å². The van der Waals surface area contributed by atoms with E-state index in [1.165, 1.54) is 0 Å². The van der Waals surface area contributed by atoms with Gasteiger partial charge in [0.05, 0.1) is 27.5 Å². The standard InChI is InChI=1S/C13H14BrFN2O3/c1-13(2,8-16)4-3-5-20-12-7-10(15)9(14)6-11(12)17(18)19/h6-7H,3-5H2,1-2H3. The lowest BCUT2D eigenvalue weighted by Crippen LogP contribution is -2.10. The van der Waals surface area contributed by atoms with Crippen molar-refractivity contribution in [3.63, 3.8) is 0 Å². The summed E-state index contributed by atoms with van der Waals surface area (Å²) in [5.41, 5.74) is -0.766. The Morgan fingerprint density at radius 1 is 1.55 bits per heavy atom. The Hall–Kier alpha value is -1.68. The lowest BCUT2D eigenvalue weighted by Gasteiger charge is -2.14. The summed E-state index contributed by atoms with van der Waals surface area (Å²) in [6, 6.07) is 4.21. The normalized spacial score (nSPS) is 10.9. The Morgan fingerprint density at radius 2 is 2.20 bits per heavy atom. The molecule has 1 aromatic rings. The van der Waals surface area contributed by atoms with Crippen molar-refractivity contribution in [1.82, 2.24) is 0 Å². The fraction of sp³-hybridized carbons (Fsp3) is 0.462. The minimum Gasteiger partial charge on any atom is -0.487 e. The first-order chi connectivity index (χ1) is 9.26. The van der Waals surface area contributed by atoms with E-state index in [0.717, 1.165) is 12.1 Å². The molecule has 1 aromatic carbocycles. The zero-order chi connectivity index (χ0) is 15.3. The molecule has 0 spiro atoms. The summed E-state index contributed by atoms with van der Waals surface area (Å²) >= 11 is 2.89. The Labute approximate surface area is 124 Å². The van der Waals surface area contributed by atoms with Crippen LogP contribution in [-0.2, 0) is 0 Å². The second-order valence-electron chi connectivity index (χ2n) is 4.94. The highest BCUT2D eigenvalue weighted by Crippen LogP contribution is 2.32. The van der Waals surface area contributed by atoms with Crippen molar-refractivity contribution in [3.8, 4) is 11.8 Å². The maximum absolute atomic E-state index is 13.4. The molecule has 0 saturated carbocycles. The molecule has 20 heavy (non-hydrogen) atoms. The van der Waals surface area contributed by atoms with Crippen LogP contribution in [0.15, 0.2) is 16.6 Å². The predicted molar refractivity (Wildman–Crippen MR) is 74.9 cm³/mol. The summed E-state index contributed by atoms with van der Waals surface area (Å²) < 4.78 is 18.7. The highest BCUT2D eigenvalue weighted by atomic mass is 79.9. The van der Waals surface area contributed by atoms with Gasteiger partial charge in [-0.2, -0.15) is 5.26 Å². The molecule has 0 radical (unpaired) electrons. The number of halogens is 2. The fourth-order valence-corrected chi connectivity index (χ4v) is 1.86. The number of benzene rings is 1. The van der Waals surface area contributed by atoms with Gasteiger partial charge in [-0.05, 0) is 42.6 Å². The molecule has 0 aliphatic carbocycles. The van der Waals surface area contributed by atoms with E-state index in [4.69, 9.17) is 10.00 Å². The lowest BCUT2D eigenvalue weighted by atomic mass is 9.90. The Bertz CT molecular complexity index is 555. The SMILES string of the molecule is CC(C)(C#N)CCCOc1cc(F)c(Br)cc1[N+](=O)[O-]. The van der Waals surface area contributed by atoms with Crippen molar-refractivity contribution in [2.75, 3.05) is 6.61 Å². The number of nitro benzene ring substituents is 1. The van der Waals surface area contributed by atoms with Crippen molar-refractivity contribution < 1.29 is 14.1 Å². The molecule has 0 aliphatic rings. The van der Waals surface area contributed by atoms with Crippen molar-refractivity contribution in [2.45, 2.75) is 26.7 Å². The lowest BCUT2D eigenvalue weighted by molar-refractivity contribution is -0.386. The minimum atomic E-state index is -0.626. The van der Waals surface area contributed by atoms with Gasteiger partial charge in [0.25, 0.3) is 0 Å². The minimum absolute atomic E-state index is 0.0159.